The van der Waals surface area contributed by atoms with E-state index in [-0.39, 0.29) is 18.0 Å². The summed E-state index contributed by atoms with van der Waals surface area (Å²) in [5.41, 5.74) is 0. The Morgan fingerprint density at radius 2 is 1.09 bits per heavy atom. The van der Waals surface area contributed by atoms with Crippen LogP contribution in [0.15, 0.2) is 0 Å². The minimum atomic E-state index is 0.0368. The summed E-state index contributed by atoms with van der Waals surface area (Å²) >= 11 is 0. The van der Waals surface area contributed by atoms with Crippen LogP contribution in [0.25, 0.3) is 0 Å². The van der Waals surface area contributed by atoms with E-state index in [4.69, 9.17) is 4.74 Å². The molecule has 0 aromatic rings. The maximum absolute atomic E-state index is 12.3. The van der Waals surface area contributed by atoms with E-state index in [0.29, 0.717) is 12.8 Å². The lowest BCUT2D eigenvalue weighted by atomic mass is 9.84. The minimum Gasteiger partial charge on any atom is -0.462 e. The van der Waals surface area contributed by atoms with Crippen LogP contribution in [0.5, 0.6) is 0 Å². The van der Waals surface area contributed by atoms with Crippen molar-refractivity contribution < 1.29 is 14.3 Å². The van der Waals surface area contributed by atoms with Crippen LogP contribution in [0, 0.1) is 5.92 Å². The number of nitrogens with zero attached hydrogens (tertiary/aromatic N) is 1. The quantitative estimate of drug-likeness (QED) is 0.0619. The summed E-state index contributed by atoms with van der Waals surface area (Å²) in [4.78, 5) is 27.0. The highest BCUT2D eigenvalue weighted by molar-refractivity contribution is 5.75. The van der Waals surface area contributed by atoms with Gasteiger partial charge in [0.1, 0.15) is 6.10 Å². The van der Waals surface area contributed by atoms with E-state index in [2.05, 4.69) is 31.0 Å². The van der Waals surface area contributed by atoms with Crippen LogP contribution < -0.4 is 5.32 Å². The van der Waals surface area contributed by atoms with Crippen LogP contribution in [0.2, 0.25) is 0 Å². The fourth-order valence-corrected chi connectivity index (χ4v) is 6.80. The zero-order valence-electron chi connectivity index (χ0n) is 30.0. The van der Waals surface area contributed by atoms with E-state index >= 15 is 0 Å². The van der Waals surface area contributed by atoms with E-state index in [0.717, 1.165) is 51.0 Å². The molecule has 1 fully saturated rings. The first kappa shape index (κ1) is 40.9. The molecule has 1 N–H and O–H groups in total. The van der Waals surface area contributed by atoms with Crippen molar-refractivity contribution >= 4 is 11.9 Å². The Morgan fingerprint density at radius 3 is 1.70 bits per heavy atom. The van der Waals surface area contributed by atoms with Crippen molar-refractivity contribution in [3.05, 3.63) is 0 Å². The second kappa shape index (κ2) is 30.5. The van der Waals surface area contributed by atoms with Crippen LogP contribution >= 0.6 is 0 Å². The fraction of sp³-hybridized carbons (Fsp3) is 0.949. The van der Waals surface area contributed by atoms with Crippen molar-refractivity contribution in [1.82, 2.24) is 10.2 Å². The van der Waals surface area contributed by atoms with Gasteiger partial charge in [-0.25, -0.2) is 0 Å². The van der Waals surface area contributed by atoms with Gasteiger partial charge in [-0.2, -0.15) is 0 Å². The van der Waals surface area contributed by atoms with E-state index in [1.807, 2.05) is 0 Å². The highest BCUT2D eigenvalue weighted by Crippen LogP contribution is 2.30. The second-order valence-corrected chi connectivity index (χ2v) is 14.0. The van der Waals surface area contributed by atoms with Crippen LogP contribution in [0.1, 0.15) is 201 Å². The number of nitrogens with one attached hydrogen (secondary N) is 1. The number of amides is 1. The van der Waals surface area contributed by atoms with Crippen molar-refractivity contribution in [3.63, 3.8) is 0 Å². The molecule has 260 valence electrons. The zero-order chi connectivity index (χ0) is 31.9. The summed E-state index contributed by atoms with van der Waals surface area (Å²) in [5, 5.41) is 3.13. The van der Waals surface area contributed by atoms with E-state index in [1.54, 1.807) is 0 Å². The van der Waals surface area contributed by atoms with E-state index < -0.39 is 0 Å². The molecular formula is C39H76N2O3. The predicted octanol–water partition coefficient (Wildman–Crippen LogP) is 10.9. The van der Waals surface area contributed by atoms with Crippen molar-refractivity contribution in [2.75, 3.05) is 26.2 Å². The Morgan fingerprint density at radius 1 is 0.568 bits per heavy atom. The smallest absolute Gasteiger partial charge is 0.306 e. The molecule has 1 rings (SSSR count). The highest BCUT2D eigenvalue weighted by atomic mass is 16.5. The average Bonchev–Trinajstić information content (AvgIpc) is 3.02. The first-order chi connectivity index (χ1) is 21.6. The van der Waals surface area contributed by atoms with Crippen molar-refractivity contribution in [1.29, 1.82) is 0 Å². The summed E-state index contributed by atoms with van der Waals surface area (Å²) in [7, 11) is 0. The average molecular weight is 621 g/mol. The van der Waals surface area contributed by atoms with Gasteiger partial charge in [0.05, 0.1) is 0 Å². The molecule has 1 aliphatic rings. The number of hydrogen-bond acceptors (Lipinski definition) is 4. The van der Waals surface area contributed by atoms with Gasteiger partial charge in [-0.3, -0.25) is 9.59 Å². The summed E-state index contributed by atoms with van der Waals surface area (Å²) in [6.45, 7) is 11.2. The molecule has 0 aromatic heterocycles. The summed E-state index contributed by atoms with van der Waals surface area (Å²) in [6.07, 6.45) is 33.7. The third-order valence-corrected chi connectivity index (χ3v) is 9.68. The molecule has 0 bridgehead atoms. The molecule has 44 heavy (non-hydrogen) atoms. The Balaban J connectivity index is 1.93. The molecule has 5 nitrogen and oxygen atoms in total. The second-order valence-electron chi connectivity index (χ2n) is 14.0. The molecule has 0 atom stereocenters. The molecule has 0 saturated heterocycles. The molecule has 0 aromatic carbocycles. The first-order valence-corrected chi connectivity index (χ1v) is 19.8. The normalized spacial score (nSPS) is 16.8. The Kier molecular flexibility index (Phi) is 28.4. The largest absolute Gasteiger partial charge is 0.462 e. The lowest BCUT2D eigenvalue weighted by Gasteiger charge is -2.28. The maximum Gasteiger partial charge on any atom is 0.306 e. The van der Waals surface area contributed by atoms with Gasteiger partial charge in [0.2, 0.25) is 5.91 Å². The number of rotatable bonds is 31. The molecule has 0 radical (unpaired) electrons. The van der Waals surface area contributed by atoms with Gasteiger partial charge >= 0.3 is 5.97 Å². The van der Waals surface area contributed by atoms with Crippen molar-refractivity contribution in [2.45, 2.75) is 207 Å². The monoisotopic (exact) mass is 621 g/mol. The van der Waals surface area contributed by atoms with Crippen LogP contribution in [-0.4, -0.2) is 49.1 Å². The molecule has 1 aliphatic carbocycles. The third kappa shape index (κ3) is 25.1. The van der Waals surface area contributed by atoms with Gasteiger partial charge in [-0.1, -0.05) is 124 Å². The molecule has 0 unspecified atom stereocenters. The number of carbonyl (C=O) groups is 2. The van der Waals surface area contributed by atoms with Crippen LogP contribution in [0.3, 0.4) is 0 Å². The number of hydrogen-bond donors (Lipinski definition) is 1. The maximum atomic E-state index is 12.3. The fourth-order valence-electron chi connectivity index (χ4n) is 6.80. The molecule has 0 heterocycles. The first-order valence-electron chi connectivity index (χ1n) is 19.8. The Bertz CT molecular complexity index is 647. The van der Waals surface area contributed by atoms with E-state index in [1.165, 1.54) is 148 Å². The predicted molar refractivity (Wildman–Crippen MR) is 189 cm³/mol. The lowest BCUT2D eigenvalue weighted by molar-refractivity contribution is -0.151. The van der Waals surface area contributed by atoms with E-state index in [9.17, 15) is 9.59 Å². The lowest BCUT2D eigenvalue weighted by Crippen LogP contribution is -2.27. The van der Waals surface area contributed by atoms with Crippen molar-refractivity contribution in [3.8, 4) is 0 Å². The zero-order valence-corrected chi connectivity index (χ0v) is 30.0. The third-order valence-electron chi connectivity index (χ3n) is 9.68. The van der Waals surface area contributed by atoms with Gasteiger partial charge in [0, 0.05) is 19.4 Å². The number of ether oxygens (including phenoxy) is 1. The van der Waals surface area contributed by atoms with Crippen molar-refractivity contribution in [2.24, 2.45) is 5.92 Å². The summed E-state index contributed by atoms with van der Waals surface area (Å²) in [6, 6.07) is 0. The van der Waals surface area contributed by atoms with Gasteiger partial charge < -0.3 is 15.0 Å². The number of carbonyl (C=O) groups excluding carboxylic acids is 2. The molecule has 0 spiro atoms. The number of unbranched alkanes of at least 4 members (excludes halogenated alkanes) is 16. The molecule has 1 saturated carbocycles. The SMILES string of the molecule is CCCCCCCCCCC(=O)NCCCCCCN(CCC)CCCCCCCC(=O)OC1CCC(CCCCC)CC1. The van der Waals surface area contributed by atoms with Gasteiger partial charge in [-0.15, -0.1) is 0 Å². The van der Waals surface area contributed by atoms with Crippen LogP contribution in [-0.2, 0) is 14.3 Å². The van der Waals surface area contributed by atoms with Gasteiger partial charge in [0.15, 0.2) is 0 Å². The van der Waals surface area contributed by atoms with Gasteiger partial charge in [-0.05, 0) is 89.8 Å². The molecule has 1 amide bonds. The Hall–Kier alpha value is -1.10. The van der Waals surface area contributed by atoms with Gasteiger partial charge in [0.25, 0.3) is 0 Å². The number of esters is 1. The summed E-state index contributed by atoms with van der Waals surface area (Å²) in [5.74, 6) is 1.15. The standard InChI is InChI=1S/C39H76N2O3/c1-4-7-9-10-11-12-14-20-26-38(42)40-32-22-16-18-24-35-41(33-6-3)34-23-17-13-15-21-27-39(43)44-37-30-28-36(29-31-37)25-19-8-5-2/h36-37H,4-35H2,1-3H3,(H,40,42). The molecule has 5 heteroatoms. The molecular weight excluding hydrogens is 544 g/mol. The highest BCUT2D eigenvalue weighted by Gasteiger charge is 2.23. The minimum absolute atomic E-state index is 0.0368. The molecule has 0 aliphatic heterocycles. The Labute approximate surface area is 274 Å². The van der Waals surface area contributed by atoms with Crippen LogP contribution in [0.4, 0.5) is 0 Å². The summed E-state index contributed by atoms with van der Waals surface area (Å²) < 4.78 is 5.80. The topological polar surface area (TPSA) is 58.6 Å².